The second-order valence-electron chi connectivity index (χ2n) is 4.23. The van der Waals surface area contributed by atoms with Crippen molar-refractivity contribution in [1.82, 2.24) is 4.90 Å². The van der Waals surface area contributed by atoms with Gasteiger partial charge in [0.1, 0.15) is 0 Å². The summed E-state index contributed by atoms with van der Waals surface area (Å²) in [7, 11) is -0.0589. The van der Waals surface area contributed by atoms with E-state index >= 15 is 0 Å². The minimum Gasteiger partial charge on any atom is -0.316 e. The molecular formula is C12H22N2O3S. The maximum absolute atomic E-state index is 10.5. The molecule has 104 valence electrons. The van der Waals surface area contributed by atoms with Gasteiger partial charge < -0.3 is 5.73 Å². The number of benzene rings is 1. The molecule has 0 aliphatic rings. The van der Waals surface area contributed by atoms with Crippen molar-refractivity contribution in [2.45, 2.75) is 31.3 Å². The molecule has 0 saturated heterocycles. The molecule has 1 aromatic rings. The highest BCUT2D eigenvalue weighted by Crippen LogP contribution is 2.08. The first-order valence-corrected chi connectivity index (χ1v) is 7.08. The third-order valence-electron chi connectivity index (χ3n) is 2.40. The van der Waals surface area contributed by atoms with Crippen molar-refractivity contribution in [3.8, 4) is 0 Å². The third-order valence-corrected chi connectivity index (χ3v) is 3.27. The Morgan fingerprint density at radius 2 is 1.72 bits per heavy atom. The number of aryl methyl sites for hydroxylation is 1. The summed E-state index contributed by atoms with van der Waals surface area (Å²) < 4.78 is 29.6. The molecule has 1 aromatic carbocycles. The molecule has 0 heterocycles. The van der Waals surface area contributed by atoms with Gasteiger partial charge in [0.25, 0.3) is 10.1 Å². The van der Waals surface area contributed by atoms with E-state index in [1.807, 2.05) is 25.9 Å². The summed E-state index contributed by atoms with van der Waals surface area (Å²) >= 11 is 0. The Kier molecular flexibility index (Phi) is 7.08. The van der Waals surface area contributed by atoms with Crippen LogP contribution in [-0.4, -0.2) is 38.1 Å². The fourth-order valence-corrected chi connectivity index (χ4v) is 1.56. The van der Waals surface area contributed by atoms with E-state index in [1.54, 1.807) is 12.1 Å². The van der Waals surface area contributed by atoms with Gasteiger partial charge in [-0.3, -0.25) is 9.45 Å². The summed E-state index contributed by atoms with van der Waals surface area (Å²) in [4.78, 5) is 1.93. The van der Waals surface area contributed by atoms with Crippen LogP contribution in [0.5, 0.6) is 0 Å². The maximum atomic E-state index is 10.5. The molecule has 0 amide bonds. The molecule has 5 nitrogen and oxygen atoms in total. The fourth-order valence-electron chi connectivity index (χ4n) is 1.08. The lowest BCUT2D eigenvalue weighted by molar-refractivity contribution is 0.293. The minimum absolute atomic E-state index is 0.0666. The van der Waals surface area contributed by atoms with E-state index in [4.69, 9.17) is 10.3 Å². The van der Waals surface area contributed by atoms with Crippen LogP contribution in [0.2, 0.25) is 0 Å². The smallest absolute Gasteiger partial charge is 0.294 e. The molecule has 3 N–H and O–H groups in total. The van der Waals surface area contributed by atoms with E-state index in [-0.39, 0.29) is 11.1 Å². The second kappa shape index (κ2) is 7.48. The molecular weight excluding hydrogens is 252 g/mol. The molecule has 0 fully saturated rings. The first kappa shape index (κ1) is 17.1. The van der Waals surface area contributed by atoms with Crippen LogP contribution in [0.15, 0.2) is 29.2 Å². The van der Waals surface area contributed by atoms with Crippen molar-refractivity contribution in [1.29, 1.82) is 0 Å². The lowest BCUT2D eigenvalue weighted by Crippen LogP contribution is -2.35. The molecule has 18 heavy (non-hydrogen) atoms. The fraction of sp³-hybridized carbons (Fsp3) is 0.500. The molecule has 1 rings (SSSR count). The SMILES string of the molecule is CCC(N)N(C)C.Cc1ccc(S(=O)(=O)O)cc1. The van der Waals surface area contributed by atoms with Crippen LogP contribution in [0.25, 0.3) is 0 Å². The Labute approximate surface area is 109 Å². The standard InChI is InChI=1S/C7H8O3S.C5H14N2/c1-6-2-4-7(5-3-6)11(8,9)10;1-4-5(6)7(2)3/h2-5H,1H3,(H,8,9,10);5H,4,6H2,1-3H3. The van der Waals surface area contributed by atoms with Gasteiger partial charge in [-0.1, -0.05) is 24.6 Å². The number of nitrogens with two attached hydrogens (primary N) is 1. The largest absolute Gasteiger partial charge is 0.316 e. The van der Waals surface area contributed by atoms with E-state index in [2.05, 4.69) is 6.92 Å². The summed E-state index contributed by atoms with van der Waals surface area (Å²) in [5, 5.41) is 0. The van der Waals surface area contributed by atoms with Crippen molar-refractivity contribution in [2.24, 2.45) is 5.73 Å². The number of rotatable bonds is 3. The quantitative estimate of drug-likeness (QED) is 0.644. The predicted octanol–water partition coefficient (Wildman–Crippen LogP) is 1.48. The van der Waals surface area contributed by atoms with Gasteiger partial charge in [-0.15, -0.1) is 0 Å². The lowest BCUT2D eigenvalue weighted by Gasteiger charge is -2.16. The van der Waals surface area contributed by atoms with Crippen molar-refractivity contribution >= 4 is 10.1 Å². The average molecular weight is 274 g/mol. The van der Waals surface area contributed by atoms with Crippen LogP contribution in [-0.2, 0) is 10.1 Å². The van der Waals surface area contributed by atoms with E-state index < -0.39 is 10.1 Å². The van der Waals surface area contributed by atoms with Gasteiger partial charge in [-0.2, -0.15) is 8.42 Å². The normalized spacial score (nSPS) is 12.8. The van der Waals surface area contributed by atoms with Crippen LogP contribution in [0.1, 0.15) is 18.9 Å². The zero-order valence-corrected chi connectivity index (χ0v) is 12.1. The molecule has 1 unspecified atom stereocenters. The molecule has 0 aliphatic carbocycles. The van der Waals surface area contributed by atoms with Gasteiger partial charge in [-0.25, -0.2) is 0 Å². The van der Waals surface area contributed by atoms with Crippen LogP contribution in [0.4, 0.5) is 0 Å². The minimum atomic E-state index is -4.02. The summed E-state index contributed by atoms with van der Waals surface area (Å²) in [6.07, 6.45) is 1.26. The molecule has 0 aromatic heterocycles. The summed E-state index contributed by atoms with van der Waals surface area (Å²) in [5.74, 6) is 0. The van der Waals surface area contributed by atoms with Gasteiger partial charge in [0.2, 0.25) is 0 Å². The molecule has 0 bridgehead atoms. The highest BCUT2D eigenvalue weighted by molar-refractivity contribution is 7.85. The third kappa shape index (κ3) is 6.70. The van der Waals surface area contributed by atoms with Gasteiger partial charge >= 0.3 is 0 Å². The molecule has 0 aliphatic heterocycles. The summed E-state index contributed by atoms with van der Waals surface area (Å²) in [6.45, 7) is 3.92. The van der Waals surface area contributed by atoms with Gasteiger partial charge in [-0.05, 0) is 39.6 Å². The van der Waals surface area contributed by atoms with Gasteiger partial charge in [0.05, 0.1) is 11.1 Å². The Morgan fingerprint density at radius 1 is 1.28 bits per heavy atom. The average Bonchev–Trinajstić information content (AvgIpc) is 2.28. The maximum Gasteiger partial charge on any atom is 0.294 e. The van der Waals surface area contributed by atoms with E-state index in [9.17, 15) is 8.42 Å². The second-order valence-corrected chi connectivity index (χ2v) is 5.65. The predicted molar refractivity (Wildman–Crippen MR) is 72.9 cm³/mol. The van der Waals surface area contributed by atoms with Gasteiger partial charge in [0, 0.05) is 0 Å². The van der Waals surface area contributed by atoms with Crippen molar-refractivity contribution in [3.63, 3.8) is 0 Å². The highest BCUT2D eigenvalue weighted by atomic mass is 32.2. The van der Waals surface area contributed by atoms with Crippen molar-refractivity contribution < 1.29 is 13.0 Å². The van der Waals surface area contributed by atoms with Crippen LogP contribution in [0.3, 0.4) is 0 Å². The first-order chi connectivity index (χ1) is 8.18. The highest BCUT2D eigenvalue weighted by Gasteiger charge is 2.06. The number of hydrogen-bond donors (Lipinski definition) is 2. The Hall–Kier alpha value is -0.950. The first-order valence-electron chi connectivity index (χ1n) is 5.64. The number of nitrogens with zero attached hydrogens (tertiary/aromatic N) is 1. The topological polar surface area (TPSA) is 83.6 Å². The van der Waals surface area contributed by atoms with Crippen LogP contribution < -0.4 is 5.73 Å². The molecule has 1 atom stereocenters. The summed E-state index contributed by atoms with van der Waals surface area (Å²) in [6, 6.07) is 5.99. The Balaban J connectivity index is 0.000000360. The zero-order valence-electron chi connectivity index (χ0n) is 11.3. The van der Waals surface area contributed by atoms with E-state index in [1.165, 1.54) is 12.1 Å². The van der Waals surface area contributed by atoms with Crippen molar-refractivity contribution in [3.05, 3.63) is 29.8 Å². The van der Waals surface area contributed by atoms with Crippen molar-refractivity contribution in [2.75, 3.05) is 14.1 Å². The van der Waals surface area contributed by atoms with Crippen LogP contribution >= 0.6 is 0 Å². The van der Waals surface area contributed by atoms with Crippen LogP contribution in [0, 0.1) is 6.92 Å². The Bertz CT molecular complexity index is 441. The summed E-state index contributed by atoms with van der Waals surface area (Å²) in [5.41, 5.74) is 6.50. The number of hydrogen-bond acceptors (Lipinski definition) is 4. The molecule has 6 heteroatoms. The zero-order chi connectivity index (χ0) is 14.3. The molecule has 0 spiro atoms. The Morgan fingerprint density at radius 3 is 1.94 bits per heavy atom. The lowest BCUT2D eigenvalue weighted by atomic mass is 10.2. The van der Waals surface area contributed by atoms with Gasteiger partial charge in [0.15, 0.2) is 0 Å². The monoisotopic (exact) mass is 274 g/mol. The van der Waals surface area contributed by atoms with E-state index in [0.717, 1.165) is 12.0 Å². The molecule has 0 radical (unpaired) electrons. The van der Waals surface area contributed by atoms with E-state index in [0.29, 0.717) is 0 Å². The molecule has 0 saturated carbocycles.